The molecular weight excluding hydrogens is 394 g/mol. The van der Waals surface area contributed by atoms with Crippen LogP contribution in [0.2, 0.25) is 0 Å². The van der Waals surface area contributed by atoms with E-state index in [1.807, 2.05) is 6.07 Å². The molecule has 1 saturated heterocycles. The van der Waals surface area contributed by atoms with Gasteiger partial charge < -0.3 is 23.7 Å². The average molecular weight is 417 g/mol. The summed E-state index contributed by atoms with van der Waals surface area (Å²) in [6.45, 7) is 4.42. The van der Waals surface area contributed by atoms with E-state index in [-0.39, 0.29) is 13.0 Å². The van der Waals surface area contributed by atoms with Crippen LogP contribution in [0.25, 0.3) is 0 Å². The lowest BCUT2D eigenvalue weighted by Crippen LogP contribution is -2.61. The average Bonchev–Trinajstić information content (AvgIpc) is 2.57. The largest absolute Gasteiger partial charge is 0.463 e. The molecule has 1 aliphatic heterocycles. The number of thioether (sulfide) groups is 1. The van der Waals surface area contributed by atoms with Crippen LogP contribution in [0.15, 0.2) is 0 Å². The Hall–Kier alpha value is -2.32. The van der Waals surface area contributed by atoms with Crippen LogP contribution < -0.4 is 0 Å². The lowest BCUT2D eigenvalue weighted by molar-refractivity contribution is -0.237. The highest BCUT2D eigenvalue weighted by molar-refractivity contribution is 7.99. The van der Waals surface area contributed by atoms with Crippen LogP contribution in [0.5, 0.6) is 0 Å². The second kappa shape index (κ2) is 11.5. The molecule has 10 nitrogen and oxygen atoms in total. The molecule has 0 amide bonds. The van der Waals surface area contributed by atoms with Gasteiger partial charge in [0.15, 0.2) is 18.3 Å². The first-order valence-corrected chi connectivity index (χ1v) is 9.49. The summed E-state index contributed by atoms with van der Waals surface area (Å²) in [6, 6.07) is 1.98. The van der Waals surface area contributed by atoms with E-state index in [0.717, 1.165) is 13.8 Å². The van der Waals surface area contributed by atoms with Crippen molar-refractivity contribution >= 4 is 35.6 Å². The zero-order valence-electron chi connectivity index (χ0n) is 16.0. The highest BCUT2D eigenvalue weighted by atomic mass is 32.2. The number of nitrogens with zero attached hydrogens (tertiary/aromatic N) is 1. The Bertz CT molecular complexity index is 633. The van der Waals surface area contributed by atoms with Crippen LogP contribution in [0, 0.1) is 11.3 Å². The Morgan fingerprint density at radius 3 is 1.93 bits per heavy atom. The molecule has 0 saturated carbocycles. The standard InChI is InChI=1S/C17H23NO9S/c1-9(19)23-8-13-14(24-10(2)20)15(25-11(3)21)16(26-12(4)22)17(27-13)28-7-5-6-18/h13-17H,5,7-8H2,1-4H3/t13-,14-,15+,16-,17+/m1/s1. The fourth-order valence-electron chi connectivity index (χ4n) is 2.54. The first kappa shape index (κ1) is 23.7. The minimum atomic E-state index is -1.18. The molecule has 0 unspecified atom stereocenters. The van der Waals surface area contributed by atoms with Gasteiger partial charge >= 0.3 is 23.9 Å². The fraction of sp³-hybridized carbons (Fsp3) is 0.706. The van der Waals surface area contributed by atoms with Gasteiger partial charge in [0, 0.05) is 39.9 Å². The predicted molar refractivity (Wildman–Crippen MR) is 94.6 cm³/mol. The van der Waals surface area contributed by atoms with Crippen LogP contribution in [0.4, 0.5) is 0 Å². The molecule has 11 heteroatoms. The van der Waals surface area contributed by atoms with E-state index in [9.17, 15) is 19.2 Å². The molecular formula is C17H23NO9S. The molecule has 156 valence electrons. The molecule has 1 fully saturated rings. The summed E-state index contributed by atoms with van der Waals surface area (Å²) in [5.74, 6) is -2.25. The van der Waals surface area contributed by atoms with Crippen LogP contribution in [0.3, 0.4) is 0 Å². The summed E-state index contributed by atoms with van der Waals surface area (Å²) in [4.78, 5) is 46.0. The molecule has 0 spiro atoms. The number of rotatable bonds is 8. The third-order valence-corrected chi connectivity index (χ3v) is 4.59. The van der Waals surface area contributed by atoms with Gasteiger partial charge in [-0.2, -0.15) is 5.26 Å². The van der Waals surface area contributed by atoms with Gasteiger partial charge in [0.1, 0.15) is 18.1 Å². The molecule has 5 atom stereocenters. The summed E-state index contributed by atoms with van der Waals surface area (Å²) >= 11 is 1.17. The number of esters is 4. The number of hydrogen-bond acceptors (Lipinski definition) is 11. The number of hydrogen-bond donors (Lipinski definition) is 0. The van der Waals surface area contributed by atoms with Crippen molar-refractivity contribution in [3.63, 3.8) is 0 Å². The van der Waals surface area contributed by atoms with Crippen LogP contribution in [0.1, 0.15) is 34.1 Å². The van der Waals surface area contributed by atoms with E-state index in [0.29, 0.717) is 5.75 Å². The molecule has 1 aliphatic rings. The quantitative estimate of drug-likeness (QED) is 0.313. The minimum absolute atomic E-state index is 0.206. The lowest BCUT2D eigenvalue weighted by atomic mass is 9.99. The molecule has 0 N–H and O–H groups in total. The van der Waals surface area contributed by atoms with Crippen molar-refractivity contribution < 1.29 is 42.9 Å². The molecule has 0 aromatic carbocycles. The summed E-state index contributed by atoms with van der Waals surface area (Å²) in [5.41, 5.74) is -0.839. The molecule has 28 heavy (non-hydrogen) atoms. The van der Waals surface area contributed by atoms with Crippen molar-refractivity contribution in [2.75, 3.05) is 12.4 Å². The second-order valence-electron chi connectivity index (χ2n) is 5.85. The number of nitriles is 1. The van der Waals surface area contributed by atoms with E-state index < -0.39 is 53.7 Å². The van der Waals surface area contributed by atoms with Gasteiger partial charge in [-0.15, -0.1) is 11.8 Å². The van der Waals surface area contributed by atoms with Crippen molar-refractivity contribution in [3.8, 4) is 6.07 Å². The van der Waals surface area contributed by atoms with Gasteiger partial charge in [-0.3, -0.25) is 19.2 Å². The number of carbonyl (C=O) groups excluding carboxylic acids is 4. The van der Waals surface area contributed by atoms with Crippen molar-refractivity contribution in [3.05, 3.63) is 0 Å². The van der Waals surface area contributed by atoms with E-state index in [1.54, 1.807) is 0 Å². The molecule has 0 bridgehead atoms. The van der Waals surface area contributed by atoms with Gasteiger partial charge in [0.25, 0.3) is 0 Å². The van der Waals surface area contributed by atoms with Crippen LogP contribution in [-0.2, 0) is 42.9 Å². The van der Waals surface area contributed by atoms with E-state index in [4.69, 9.17) is 28.9 Å². The summed E-state index contributed by atoms with van der Waals surface area (Å²) in [6.07, 6.45) is -4.21. The van der Waals surface area contributed by atoms with Crippen molar-refractivity contribution in [2.24, 2.45) is 0 Å². The first-order chi connectivity index (χ1) is 13.1. The normalized spacial score (nSPS) is 26.5. The predicted octanol–water partition coefficient (Wildman–Crippen LogP) is 0.716. The monoisotopic (exact) mass is 417 g/mol. The SMILES string of the molecule is CC(=O)OC[C@H]1O[C@@H](SCCC#N)[C@H](OC(C)=O)[C@@H](OC(C)=O)[C@@H]1OC(C)=O. The van der Waals surface area contributed by atoms with Gasteiger partial charge in [0.2, 0.25) is 0 Å². The summed E-state index contributed by atoms with van der Waals surface area (Å²) in [7, 11) is 0. The summed E-state index contributed by atoms with van der Waals surface area (Å²) in [5, 5.41) is 8.74. The molecule has 1 heterocycles. The lowest BCUT2D eigenvalue weighted by Gasteiger charge is -2.44. The molecule has 1 rings (SSSR count). The highest BCUT2D eigenvalue weighted by Gasteiger charge is 2.52. The van der Waals surface area contributed by atoms with Crippen molar-refractivity contribution in [1.82, 2.24) is 0 Å². The van der Waals surface area contributed by atoms with Gasteiger partial charge in [-0.05, 0) is 0 Å². The van der Waals surface area contributed by atoms with Crippen molar-refractivity contribution in [2.45, 2.75) is 64.0 Å². The maximum atomic E-state index is 11.6. The van der Waals surface area contributed by atoms with Crippen LogP contribution >= 0.6 is 11.8 Å². The molecule has 0 aromatic heterocycles. The summed E-state index contributed by atoms with van der Waals surface area (Å²) < 4.78 is 26.7. The first-order valence-electron chi connectivity index (χ1n) is 8.44. The number of carbonyl (C=O) groups is 4. The zero-order chi connectivity index (χ0) is 21.3. The number of ether oxygens (including phenoxy) is 5. The van der Waals surface area contributed by atoms with Gasteiger partial charge in [0.05, 0.1) is 6.07 Å². The molecule has 0 aliphatic carbocycles. The molecule has 0 radical (unpaired) electrons. The fourth-order valence-corrected chi connectivity index (χ4v) is 3.61. The smallest absolute Gasteiger partial charge is 0.303 e. The Morgan fingerprint density at radius 2 is 1.43 bits per heavy atom. The Labute approximate surface area is 166 Å². The minimum Gasteiger partial charge on any atom is -0.463 e. The third-order valence-electron chi connectivity index (χ3n) is 3.44. The maximum absolute atomic E-state index is 11.6. The second-order valence-corrected chi connectivity index (χ2v) is 7.05. The zero-order valence-corrected chi connectivity index (χ0v) is 16.9. The van der Waals surface area contributed by atoms with Gasteiger partial charge in [-0.1, -0.05) is 0 Å². The van der Waals surface area contributed by atoms with E-state index in [2.05, 4.69) is 0 Å². The molecule has 0 aromatic rings. The highest BCUT2D eigenvalue weighted by Crippen LogP contribution is 2.34. The van der Waals surface area contributed by atoms with Crippen LogP contribution in [-0.4, -0.2) is 66.1 Å². The Morgan fingerprint density at radius 1 is 0.893 bits per heavy atom. The van der Waals surface area contributed by atoms with E-state index >= 15 is 0 Å². The topological polar surface area (TPSA) is 138 Å². The third kappa shape index (κ3) is 7.74. The van der Waals surface area contributed by atoms with Gasteiger partial charge in [-0.25, -0.2) is 0 Å². The van der Waals surface area contributed by atoms with Crippen molar-refractivity contribution in [1.29, 1.82) is 5.26 Å². The maximum Gasteiger partial charge on any atom is 0.303 e. The van der Waals surface area contributed by atoms with E-state index in [1.165, 1.54) is 25.6 Å². The Kier molecular flexibility index (Phi) is 9.75. The Balaban J connectivity index is 3.23.